The Labute approximate surface area is 260 Å². The average molecular weight is 575 g/mol. The summed E-state index contributed by atoms with van der Waals surface area (Å²) >= 11 is 0. The fourth-order valence-corrected chi connectivity index (χ4v) is 6.09. The summed E-state index contributed by atoms with van der Waals surface area (Å²) in [5.41, 5.74) is 11.0. The number of hydrogen-bond acceptors (Lipinski definition) is 2. The predicted octanol–water partition coefficient (Wildman–Crippen LogP) is 8.90. The van der Waals surface area contributed by atoms with Crippen LogP contribution in [-0.2, 0) is 19.6 Å². The van der Waals surface area contributed by atoms with E-state index < -0.39 is 0 Å². The molecule has 4 nitrogen and oxygen atoms in total. The molecule has 7 rings (SSSR count). The number of para-hydroxylation sites is 5. The summed E-state index contributed by atoms with van der Waals surface area (Å²) in [6, 6.07) is 46.0. The monoisotopic (exact) mass is 574 g/mol. The maximum Gasteiger partial charge on any atom is 0.173 e. The van der Waals surface area contributed by atoms with Crippen LogP contribution < -0.4 is 18.9 Å². The van der Waals surface area contributed by atoms with Crippen LogP contribution in [0.1, 0.15) is 30.9 Å². The number of rotatable bonds is 9. The summed E-state index contributed by atoms with van der Waals surface area (Å²) in [7, 11) is 0. The molecule has 4 aromatic carbocycles. The molecule has 216 valence electrons. The highest BCUT2D eigenvalue weighted by Gasteiger charge is 2.28. The van der Waals surface area contributed by atoms with Gasteiger partial charge in [0.1, 0.15) is 6.54 Å². The molecule has 0 N–H and O–H groups in total. The van der Waals surface area contributed by atoms with E-state index in [1.54, 1.807) is 0 Å². The Balaban J connectivity index is 1.08. The Morgan fingerprint density at radius 3 is 1.57 bits per heavy atom. The zero-order valence-electron chi connectivity index (χ0n) is 25.3. The van der Waals surface area contributed by atoms with Gasteiger partial charge in [-0.15, -0.1) is 0 Å². The fourth-order valence-electron chi connectivity index (χ4n) is 6.09. The Morgan fingerprint density at radius 2 is 1.00 bits per heavy atom. The molecule has 4 heteroatoms. The fraction of sp³-hybridized carbons (Fsp3) is 0.150. The smallest absolute Gasteiger partial charge is 0.173 e. The lowest BCUT2D eigenvalue weighted by atomic mass is 10.0. The van der Waals surface area contributed by atoms with Gasteiger partial charge < -0.3 is 9.80 Å². The van der Waals surface area contributed by atoms with Gasteiger partial charge in [-0.25, -0.2) is 9.13 Å². The molecule has 0 saturated carbocycles. The minimum atomic E-state index is 0.800. The van der Waals surface area contributed by atoms with E-state index >= 15 is 0 Å². The van der Waals surface area contributed by atoms with Crippen molar-refractivity contribution in [3.8, 4) is 11.1 Å². The van der Waals surface area contributed by atoms with Crippen molar-refractivity contribution in [3.05, 3.63) is 163 Å². The first kappa shape index (κ1) is 27.6. The van der Waals surface area contributed by atoms with Crippen LogP contribution in [0, 0.1) is 0 Å². The quantitative estimate of drug-likeness (QED) is 0.160. The van der Waals surface area contributed by atoms with Gasteiger partial charge in [-0.3, -0.25) is 0 Å². The van der Waals surface area contributed by atoms with Crippen LogP contribution in [0.25, 0.3) is 11.1 Å². The number of anilines is 5. The summed E-state index contributed by atoms with van der Waals surface area (Å²) in [4.78, 5) is 4.82. The van der Waals surface area contributed by atoms with E-state index in [9.17, 15) is 0 Å². The molecule has 6 aromatic rings. The lowest BCUT2D eigenvalue weighted by Crippen LogP contribution is -2.33. The van der Waals surface area contributed by atoms with Crippen molar-refractivity contribution in [2.24, 2.45) is 0 Å². The average Bonchev–Trinajstić information content (AvgIpc) is 3.09. The summed E-state index contributed by atoms with van der Waals surface area (Å²) in [6.07, 6.45) is 11.2. The first-order chi connectivity index (χ1) is 21.8. The minimum Gasteiger partial charge on any atom is -0.334 e. The maximum absolute atomic E-state index is 2.45. The van der Waals surface area contributed by atoms with Crippen molar-refractivity contribution in [1.29, 1.82) is 0 Å². The molecule has 3 heterocycles. The van der Waals surface area contributed by atoms with Crippen molar-refractivity contribution >= 4 is 28.4 Å². The molecule has 0 atom stereocenters. The molecule has 0 saturated heterocycles. The lowest BCUT2D eigenvalue weighted by molar-refractivity contribution is -0.697. The normalized spacial score (nSPS) is 12.1. The highest BCUT2D eigenvalue weighted by Crippen LogP contribution is 2.51. The Kier molecular flexibility index (Phi) is 7.88. The summed E-state index contributed by atoms with van der Waals surface area (Å²) in [5.74, 6) is 0. The molecule has 0 amide bonds. The molecule has 0 bridgehead atoms. The van der Waals surface area contributed by atoms with Crippen molar-refractivity contribution in [2.45, 2.75) is 39.4 Å². The maximum atomic E-state index is 2.45. The highest BCUT2D eigenvalue weighted by molar-refractivity contribution is 5.97. The van der Waals surface area contributed by atoms with Gasteiger partial charge in [0.2, 0.25) is 0 Å². The van der Waals surface area contributed by atoms with Crippen LogP contribution in [-0.4, -0.2) is 0 Å². The first-order valence-corrected chi connectivity index (χ1v) is 15.6. The van der Waals surface area contributed by atoms with Crippen LogP contribution in [0.3, 0.4) is 0 Å². The second kappa shape index (κ2) is 12.6. The topological polar surface area (TPSA) is 14.2 Å². The number of hydrogen-bond donors (Lipinski definition) is 0. The number of unbranched alkanes of at least 4 members (excludes halogenated alkanes) is 1. The molecule has 1 aliphatic heterocycles. The predicted molar refractivity (Wildman–Crippen MR) is 180 cm³/mol. The van der Waals surface area contributed by atoms with Gasteiger partial charge in [0.15, 0.2) is 31.3 Å². The number of aromatic nitrogens is 2. The first-order valence-electron chi connectivity index (χ1n) is 15.6. The molecule has 0 unspecified atom stereocenters. The Morgan fingerprint density at radius 1 is 0.500 bits per heavy atom. The van der Waals surface area contributed by atoms with Crippen molar-refractivity contribution < 1.29 is 9.13 Å². The molecule has 44 heavy (non-hydrogen) atoms. The van der Waals surface area contributed by atoms with Gasteiger partial charge in [-0.1, -0.05) is 80.1 Å². The summed E-state index contributed by atoms with van der Waals surface area (Å²) in [5, 5.41) is 0. The van der Waals surface area contributed by atoms with Gasteiger partial charge in [0.05, 0.1) is 22.7 Å². The molecular formula is C40H38N4+2. The van der Waals surface area contributed by atoms with Crippen molar-refractivity contribution in [3.63, 3.8) is 0 Å². The zero-order valence-corrected chi connectivity index (χ0v) is 25.3. The number of benzene rings is 4. The second-order valence-corrected chi connectivity index (χ2v) is 11.5. The number of pyridine rings is 2. The zero-order chi connectivity index (χ0) is 29.7. The molecule has 0 spiro atoms. The van der Waals surface area contributed by atoms with Crippen molar-refractivity contribution in [2.75, 3.05) is 9.80 Å². The van der Waals surface area contributed by atoms with E-state index in [0.29, 0.717) is 0 Å². The van der Waals surface area contributed by atoms with Crippen LogP contribution in [0.5, 0.6) is 0 Å². The van der Waals surface area contributed by atoms with Crippen LogP contribution >= 0.6 is 0 Å². The van der Waals surface area contributed by atoms with Gasteiger partial charge >= 0.3 is 0 Å². The standard InChI is InChI=1S/C40H38N4/c1-2-3-25-41-26-21-34(22-27-41)35-23-28-42(29-24-35)30-32-17-19-33(20-18-32)31-43-37-13-7-9-15-39(37)44(36-11-5-4-6-12-36)40-16-10-8-14-38(40)43/h4-24,26-29H,2-3,25,30-31H2,1H3/q+2. The molecule has 1 aliphatic rings. The van der Waals surface area contributed by atoms with Gasteiger partial charge in [0, 0.05) is 48.5 Å². The third kappa shape index (κ3) is 5.71. The van der Waals surface area contributed by atoms with E-state index in [-0.39, 0.29) is 0 Å². The summed E-state index contributed by atoms with van der Waals surface area (Å²) < 4.78 is 4.51. The largest absolute Gasteiger partial charge is 0.334 e. The SMILES string of the molecule is CCCC[n+]1ccc(-c2cc[n+](Cc3ccc(CN4c5ccccc5N(c5ccccc5)c5ccccc54)cc3)cc2)cc1. The van der Waals surface area contributed by atoms with E-state index in [4.69, 9.17) is 0 Å². The number of fused-ring (bicyclic) bond motifs is 2. The highest BCUT2D eigenvalue weighted by atomic mass is 15.3. The van der Waals surface area contributed by atoms with Gasteiger partial charge in [-0.2, -0.15) is 0 Å². The van der Waals surface area contributed by atoms with E-state index in [0.717, 1.165) is 19.6 Å². The Hall–Kier alpha value is -5.22. The van der Waals surface area contributed by atoms with E-state index in [1.165, 1.54) is 63.5 Å². The molecule has 0 fully saturated rings. The van der Waals surface area contributed by atoms with Crippen molar-refractivity contribution in [1.82, 2.24) is 0 Å². The second-order valence-electron chi connectivity index (χ2n) is 11.5. The van der Waals surface area contributed by atoms with Crippen LogP contribution in [0.15, 0.2) is 152 Å². The van der Waals surface area contributed by atoms with Gasteiger partial charge in [0.25, 0.3) is 0 Å². The molecule has 0 radical (unpaired) electrons. The van der Waals surface area contributed by atoms with Crippen LogP contribution in [0.4, 0.5) is 28.4 Å². The van der Waals surface area contributed by atoms with Gasteiger partial charge in [-0.05, 0) is 53.1 Å². The lowest BCUT2D eigenvalue weighted by Gasteiger charge is -2.40. The molecule has 0 aliphatic carbocycles. The number of aryl methyl sites for hydroxylation is 1. The Bertz CT molecular complexity index is 1780. The van der Waals surface area contributed by atoms with E-state index in [2.05, 4.69) is 178 Å². The third-order valence-corrected chi connectivity index (χ3v) is 8.46. The molecule has 2 aromatic heterocycles. The van der Waals surface area contributed by atoms with Crippen LogP contribution in [0.2, 0.25) is 0 Å². The molecular weight excluding hydrogens is 536 g/mol. The number of nitrogens with zero attached hydrogens (tertiary/aromatic N) is 4. The summed E-state index contributed by atoms with van der Waals surface area (Å²) in [6.45, 7) is 4.95. The van der Waals surface area contributed by atoms with E-state index in [1.807, 2.05) is 0 Å². The third-order valence-electron chi connectivity index (χ3n) is 8.46. The minimum absolute atomic E-state index is 0.800.